The lowest BCUT2D eigenvalue weighted by Crippen LogP contribution is -2.08. The molecule has 0 fully saturated rings. The Morgan fingerprint density at radius 3 is 3.27 bits per heavy atom. The summed E-state index contributed by atoms with van der Waals surface area (Å²) in [5.41, 5.74) is 7.57. The van der Waals surface area contributed by atoms with Crippen LogP contribution in [0.25, 0.3) is 11.0 Å². The largest absolute Gasteiger partial charge is 0.369 e. The second kappa shape index (κ2) is 3.84. The fourth-order valence-corrected chi connectivity index (χ4v) is 1.24. The average molecular weight is 199 g/mol. The molecule has 0 aliphatic heterocycles. The third kappa shape index (κ3) is 2.15. The lowest BCUT2D eigenvalue weighted by Gasteiger charge is -1.90. The van der Waals surface area contributed by atoms with Gasteiger partial charge in [0.2, 0.25) is 5.91 Å². The van der Waals surface area contributed by atoms with Gasteiger partial charge in [0.05, 0.1) is 17.5 Å². The molecule has 2 aromatic heterocycles. The average Bonchev–Trinajstić information content (AvgIpc) is 2.64. The van der Waals surface area contributed by atoms with Gasteiger partial charge in [-0.1, -0.05) is 11.8 Å². The van der Waals surface area contributed by atoms with Gasteiger partial charge in [-0.2, -0.15) is 0 Å². The number of hydrogen-bond donors (Lipinski definition) is 2. The SMILES string of the molecule is NC(=O)CC#Cc1cnc2cc[nH]c2c1. The van der Waals surface area contributed by atoms with Gasteiger partial charge in [0.1, 0.15) is 0 Å². The van der Waals surface area contributed by atoms with Crippen molar-refractivity contribution >= 4 is 16.9 Å². The fourth-order valence-electron chi connectivity index (χ4n) is 1.24. The number of H-pyrrole nitrogens is 1. The molecule has 2 rings (SSSR count). The van der Waals surface area contributed by atoms with Crippen molar-refractivity contribution in [1.82, 2.24) is 9.97 Å². The first kappa shape index (κ1) is 9.28. The summed E-state index contributed by atoms with van der Waals surface area (Å²) in [5.74, 6) is 5.08. The van der Waals surface area contributed by atoms with Crippen LogP contribution < -0.4 is 5.73 Å². The summed E-state index contributed by atoms with van der Waals surface area (Å²) in [6.45, 7) is 0. The third-order valence-corrected chi connectivity index (χ3v) is 1.89. The van der Waals surface area contributed by atoms with E-state index in [2.05, 4.69) is 21.8 Å². The van der Waals surface area contributed by atoms with Crippen LogP contribution in [-0.4, -0.2) is 15.9 Å². The smallest absolute Gasteiger partial charge is 0.229 e. The summed E-state index contributed by atoms with van der Waals surface area (Å²) in [7, 11) is 0. The Balaban J connectivity index is 2.27. The van der Waals surface area contributed by atoms with E-state index in [0.717, 1.165) is 16.6 Å². The number of aromatic nitrogens is 2. The molecule has 1 amide bonds. The number of aromatic amines is 1. The van der Waals surface area contributed by atoms with E-state index in [1.54, 1.807) is 6.20 Å². The Morgan fingerprint density at radius 2 is 2.47 bits per heavy atom. The number of nitrogens with two attached hydrogens (primary N) is 1. The predicted molar refractivity (Wildman–Crippen MR) is 56.8 cm³/mol. The van der Waals surface area contributed by atoms with Crippen molar-refractivity contribution in [2.45, 2.75) is 6.42 Å². The minimum atomic E-state index is -0.420. The number of carbonyl (C=O) groups is 1. The molecule has 0 aliphatic rings. The molecular formula is C11H9N3O. The zero-order valence-electron chi connectivity index (χ0n) is 7.95. The maximum absolute atomic E-state index is 10.5. The molecule has 0 aliphatic carbocycles. The van der Waals surface area contributed by atoms with Crippen LogP contribution in [0.1, 0.15) is 12.0 Å². The van der Waals surface area contributed by atoms with E-state index in [4.69, 9.17) is 5.73 Å². The maximum atomic E-state index is 10.5. The molecule has 3 N–H and O–H groups in total. The van der Waals surface area contributed by atoms with Gasteiger partial charge in [-0.3, -0.25) is 9.78 Å². The summed E-state index contributed by atoms with van der Waals surface area (Å²) in [4.78, 5) is 17.7. The van der Waals surface area contributed by atoms with Crippen LogP contribution in [-0.2, 0) is 4.79 Å². The van der Waals surface area contributed by atoms with Gasteiger partial charge < -0.3 is 10.7 Å². The Hall–Kier alpha value is -2.28. The Kier molecular flexibility index (Phi) is 2.38. The van der Waals surface area contributed by atoms with Gasteiger partial charge in [-0.15, -0.1) is 0 Å². The second-order valence-electron chi connectivity index (χ2n) is 3.08. The topological polar surface area (TPSA) is 71.8 Å². The normalized spacial score (nSPS) is 9.60. The summed E-state index contributed by atoms with van der Waals surface area (Å²) < 4.78 is 0. The molecule has 0 atom stereocenters. The Bertz CT molecular complexity index is 560. The molecule has 0 unspecified atom stereocenters. The Morgan fingerprint density at radius 1 is 1.60 bits per heavy atom. The lowest BCUT2D eigenvalue weighted by atomic mass is 10.2. The summed E-state index contributed by atoms with van der Waals surface area (Å²) in [6.07, 6.45) is 3.56. The molecule has 15 heavy (non-hydrogen) atoms. The molecule has 4 nitrogen and oxygen atoms in total. The number of hydrogen-bond acceptors (Lipinski definition) is 2. The van der Waals surface area contributed by atoms with Crippen LogP contribution in [0.15, 0.2) is 24.5 Å². The number of nitrogens with one attached hydrogen (secondary N) is 1. The number of fused-ring (bicyclic) bond motifs is 1. The van der Waals surface area contributed by atoms with E-state index < -0.39 is 5.91 Å². The van der Waals surface area contributed by atoms with Crippen molar-refractivity contribution in [1.29, 1.82) is 0 Å². The van der Waals surface area contributed by atoms with E-state index in [0.29, 0.717) is 0 Å². The number of amides is 1. The number of rotatable bonds is 1. The van der Waals surface area contributed by atoms with E-state index in [9.17, 15) is 4.79 Å². The van der Waals surface area contributed by atoms with Crippen molar-refractivity contribution in [2.24, 2.45) is 5.73 Å². The van der Waals surface area contributed by atoms with Crippen LogP contribution >= 0.6 is 0 Å². The first-order chi connectivity index (χ1) is 7.25. The van der Waals surface area contributed by atoms with Gasteiger partial charge in [-0.05, 0) is 12.1 Å². The quantitative estimate of drug-likeness (QED) is 0.666. The molecule has 0 spiro atoms. The standard InChI is InChI=1S/C11H9N3O/c12-11(15)3-1-2-8-6-10-9(14-7-8)4-5-13-10/h4-7,13H,3H2,(H2,12,15). The lowest BCUT2D eigenvalue weighted by molar-refractivity contribution is -0.117. The molecule has 0 radical (unpaired) electrons. The zero-order chi connectivity index (χ0) is 10.7. The van der Waals surface area contributed by atoms with E-state index in [1.807, 2.05) is 18.3 Å². The maximum Gasteiger partial charge on any atom is 0.229 e. The number of pyridine rings is 1. The molecule has 4 heteroatoms. The number of nitrogens with zero attached hydrogens (tertiary/aromatic N) is 1. The van der Waals surface area contributed by atoms with Gasteiger partial charge in [0.25, 0.3) is 0 Å². The minimum absolute atomic E-state index is 0.0722. The first-order valence-electron chi connectivity index (χ1n) is 4.46. The van der Waals surface area contributed by atoms with Crippen LogP contribution in [0.5, 0.6) is 0 Å². The highest BCUT2D eigenvalue weighted by Gasteiger charge is 1.95. The summed E-state index contributed by atoms with van der Waals surface area (Å²) in [6, 6.07) is 3.77. The van der Waals surface area contributed by atoms with E-state index in [-0.39, 0.29) is 6.42 Å². The molecule has 0 bridgehead atoms. The Labute approximate surface area is 86.5 Å². The monoisotopic (exact) mass is 199 g/mol. The van der Waals surface area contributed by atoms with E-state index in [1.165, 1.54) is 0 Å². The van der Waals surface area contributed by atoms with Crippen molar-refractivity contribution in [3.63, 3.8) is 0 Å². The van der Waals surface area contributed by atoms with Crippen LogP contribution in [0, 0.1) is 11.8 Å². The second-order valence-corrected chi connectivity index (χ2v) is 3.08. The predicted octanol–water partition coefficient (Wildman–Crippen LogP) is 0.790. The molecular weight excluding hydrogens is 190 g/mol. The molecule has 0 aromatic carbocycles. The van der Waals surface area contributed by atoms with E-state index >= 15 is 0 Å². The van der Waals surface area contributed by atoms with Crippen molar-refractivity contribution in [2.75, 3.05) is 0 Å². The van der Waals surface area contributed by atoms with Gasteiger partial charge in [-0.25, -0.2) is 0 Å². The third-order valence-electron chi connectivity index (χ3n) is 1.89. The van der Waals surface area contributed by atoms with Gasteiger partial charge in [0, 0.05) is 18.0 Å². The molecule has 0 saturated heterocycles. The highest BCUT2D eigenvalue weighted by Crippen LogP contribution is 2.09. The first-order valence-corrected chi connectivity index (χ1v) is 4.46. The highest BCUT2D eigenvalue weighted by atomic mass is 16.1. The molecule has 74 valence electrons. The van der Waals surface area contributed by atoms with Gasteiger partial charge in [0.15, 0.2) is 0 Å². The van der Waals surface area contributed by atoms with Crippen LogP contribution in [0.4, 0.5) is 0 Å². The number of primary amides is 1. The van der Waals surface area contributed by atoms with Crippen molar-refractivity contribution < 1.29 is 4.79 Å². The van der Waals surface area contributed by atoms with Crippen LogP contribution in [0.3, 0.4) is 0 Å². The molecule has 0 saturated carbocycles. The van der Waals surface area contributed by atoms with Crippen molar-refractivity contribution in [3.05, 3.63) is 30.1 Å². The fraction of sp³-hybridized carbons (Fsp3) is 0.0909. The zero-order valence-corrected chi connectivity index (χ0v) is 7.95. The summed E-state index contributed by atoms with van der Waals surface area (Å²) in [5, 5.41) is 0. The highest BCUT2D eigenvalue weighted by molar-refractivity contribution is 5.77. The molecule has 2 heterocycles. The van der Waals surface area contributed by atoms with Crippen LogP contribution in [0.2, 0.25) is 0 Å². The molecule has 2 aromatic rings. The van der Waals surface area contributed by atoms with Gasteiger partial charge >= 0.3 is 0 Å². The van der Waals surface area contributed by atoms with Crippen molar-refractivity contribution in [3.8, 4) is 11.8 Å². The number of carbonyl (C=O) groups excluding carboxylic acids is 1. The minimum Gasteiger partial charge on any atom is -0.369 e. The summed E-state index contributed by atoms with van der Waals surface area (Å²) >= 11 is 0.